The molecule has 0 radical (unpaired) electrons. The second-order valence-electron chi connectivity index (χ2n) is 9.78. The number of anilines is 1. The van der Waals surface area contributed by atoms with E-state index in [4.69, 9.17) is 14.2 Å². The second kappa shape index (κ2) is 9.37. The summed E-state index contributed by atoms with van der Waals surface area (Å²) in [5, 5.41) is 2.79. The normalized spacial score (nSPS) is 18.8. The number of likely N-dealkylation sites (N-methyl/N-ethyl adjacent to an activating group) is 1. The molecule has 0 unspecified atom stereocenters. The lowest BCUT2D eigenvalue weighted by Crippen LogP contribution is -2.59. The average molecular weight is 492 g/mol. The smallest absolute Gasteiger partial charge is 0.411 e. The van der Waals surface area contributed by atoms with Gasteiger partial charge in [-0.3, -0.25) is 9.28 Å². The number of methoxy groups -OCH3 is 1. The van der Waals surface area contributed by atoms with Gasteiger partial charge in [0.25, 0.3) is 0 Å². The van der Waals surface area contributed by atoms with Gasteiger partial charge in [-0.2, -0.15) is 0 Å². The van der Waals surface area contributed by atoms with Crippen LogP contribution in [0.15, 0.2) is 17.1 Å². The number of carbonyl (C=O) groups is 2. The van der Waals surface area contributed by atoms with Crippen LogP contribution in [0.5, 0.6) is 5.75 Å². The molecule has 1 fully saturated rings. The van der Waals surface area contributed by atoms with E-state index >= 15 is 4.39 Å². The maximum atomic E-state index is 15.5. The van der Waals surface area contributed by atoms with Gasteiger partial charge in [-0.05, 0) is 26.8 Å². The Balaban J connectivity index is 1.64. The number of pyridine rings is 1. The van der Waals surface area contributed by atoms with Gasteiger partial charge in [0.05, 0.1) is 57.3 Å². The van der Waals surface area contributed by atoms with Crippen molar-refractivity contribution < 1.29 is 32.7 Å². The fraction of sp³-hybridized carbons (Fsp3) is 0.542. The highest BCUT2D eigenvalue weighted by Crippen LogP contribution is 2.42. The van der Waals surface area contributed by atoms with Crippen LogP contribution in [0, 0.1) is 5.82 Å². The van der Waals surface area contributed by atoms with Gasteiger partial charge in [0.1, 0.15) is 17.9 Å². The van der Waals surface area contributed by atoms with Crippen molar-refractivity contribution >= 4 is 28.7 Å². The molecule has 3 heterocycles. The minimum atomic E-state index is -0.761. The third-order valence-electron chi connectivity index (χ3n) is 6.60. The molecule has 35 heavy (non-hydrogen) atoms. The molecule has 190 valence electrons. The quantitative estimate of drug-likeness (QED) is 0.506. The fourth-order valence-corrected chi connectivity index (χ4v) is 4.55. The first-order valence-electron chi connectivity index (χ1n) is 11.7. The van der Waals surface area contributed by atoms with Crippen molar-refractivity contribution in [2.24, 2.45) is 0 Å². The van der Waals surface area contributed by atoms with Crippen LogP contribution < -0.4 is 20.4 Å². The third kappa shape index (κ3) is 4.64. The molecule has 4 rings (SSSR count). The number of halogens is 1. The van der Waals surface area contributed by atoms with Gasteiger partial charge < -0.3 is 29.0 Å². The highest BCUT2D eigenvalue weighted by Gasteiger charge is 2.35. The van der Waals surface area contributed by atoms with Crippen molar-refractivity contribution in [3.8, 4) is 5.75 Å². The highest BCUT2D eigenvalue weighted by molar-refractivity contribution is 5.97. The number of hydrogen-bond donors (Lipinski definition) is 1. The first-order valence-corrected chi connectivity index (χ1v) is 11.7. The number of benzene rings is 1. The second-order valence-corrected chi connectivity index (χ2v) is 9.78. The Morgan fingerprint density at radius 1 is 1.31 bits per heavy atom. The molecule has 0 saturated carbocycles. The Morgan fingerprint density at radius 3 is 2.63 bits per heavy atom. The predicted molar refractivity (Wildman–Crippen MR) is 127 cm³/mol. The van der Waals surface area contributed by atoms with Gasteiger partial charge in [0.15, 0.2) is 11.6 Å². The Bertz CT molecular complexity index is 1220. The largest absolute Gasteiger partial charge is 0.487 e. The van der Waals surface area contributed by atoms with Gasteiger partial charge >= 0.3 is 12.1 Å². The molecule has 2 aliphatic rings. The molecule has 1 amide bonds. The van der Waals surface area contributed by atoms with E-state index in [0.717, 1.165) is 0 Å². The van der Waals surface area contributed by atoms with Crippen LogP contribution in [0.25, 0.3) is 10.9 Å². The van der Waals surface area contributed by atoms with Gasteiger partial charge in [-0.25, -0.2) is 14.0 Å². The number of hydrogen-bond acceptors (Lipinski definition) is 7. The molecule has 1 saturated heterocycles. The Hall–Kier alpha value is -3.34. The van der Waals surface area contributed by atoms with Gasteiger partial charge in [0, 0.05) is 12.2 Å². The van der Waals surface area contributed by atoms with Gasteiger partial charge in [0.2, 0.25) is 12.2 Å². The fourth-order valence-electron chi connectivity index (χ4n) is 4.55. The molecule has 0 aliphatic carbocycles. The SMILES string of the molecule is COC(=O)c1cn2c3c(c(N4CC[N+](C)(COC(=O)NC(C)C)CC4)c(F)cc3c1=O)OC[C@@H]2C. The number of nitrogens with zero attached hydrogens (tertiary/aromatic N) is 3. The van der Waals surface area contributed by atoms with Crippen LogP contribution in [0.1, 0.15) is 37.2 Å². The summed E-state index contributed by atoms with van der Waals surface area (Å²) >= 11 is 0. The topological polar surface area (TPSA) is 99.1 Å². The van der Waals surface area contributed by atoms with Crippen LogP contribution >= 0.6 is 0 Å². The lowest BCUT2D eigenvalue weighted by atomic mass is 10.1. The van der Waals surface area contributed by atoms with E-state index in [0.29, 0.717) is 47.6 Å². The third-order valence-corrected chi connectivity index (χ3v) is 6.60. The van der Waals surface area contributed by atoms with Crippen molar-refractivity contribution in [1.29, 1.82) is 0 Å². The minimum Gasteiger partial charge on any atom is -0.487 e. The standard InChI is InChI=1S/C24H31FN4O6/c1-14(2)26-24(32)35-13-29(4)8-6-27(7-9-29)20-18(25)10-16-19-22(20)34-12-15(3)28(19)11-17(21(16)30)23(31)33-5/h10-11,14-15H,6-9,12-13H2,1-5H3/p+1/t15-/m0/s1. The average Bonchev–Trinajstić information content (AvgIpc) is 2.81. The first-order chi connectivity index (χ1) is 16.5. The van der Waals surface area contributed by atoms with E-state index in [9.17, 15) is 14.4 Å². The molecule has 0 spiro atoms. The maximum Gasteiger partial charge on any atom is 0.411 e. The summed E-state index contributed by atoms with van der Waals surface area (Å²) in [5.74, 6) is -1.05. The number of alkyl carbamates (subject to hydrolysis) is 1. The molecule has 10 nitrogen and oxygen atoms in total. The number of quaternary nitrogens is 1. The van der Waals surface area contributed by atoms with Crippen molar-refractivity contribution in [2.75, 3.05) is 58.6 Å². The van der Waals surface area contributed by atoms with Crippen molar-refractivity contribution in [3.63, 3.8) is 0 Å². The summed E-state index contributed by atoms with van der Waals surface area (Å²) in [5.41, 5.74) is 0.0361. The molecule has 1 aromatic carbocycles. The van der Waals surface area contributed by atoms with E-state index < -0.39 is 23.3 Å². The molecule has 1 N–H and O–H groups in total. The zero-order chi connectivity index (χ0) is 25.5. The highest BCUT2D eigenvalue weighted by atomic mass is 19.1. The Morgan fingerprint density at radius 2 is 2.00 bits per heavy atom. The summed E-state index contributed by atoms with van der Waals surface area (Å²) in [6.45, 7) is 8.35. The number of piperazine rings is 1. The van der Waals surface area contributed by atoms with Crippen molar-refractivity contribution in [2.45, 2.75) is 32.9 Å². The van der Waals surface area contributed by atoms with Crippen LogP contribution in [0.2, 0.25) is 0 Å². The summed E-state index contributed by atoms with van der Waals surface area (Å²) in [7, 11) is 3.19. The zero-order valence-corrected chi connectivity index (χ0v) is 20.7. The van der Waals surface area contributed by atoms with Crippen LogP contribution in [-0.2, 0) is 9.47 Å². The summed E-state index contributed by atoms with van der Waals surface area (Å²) in [6, 6.07) is 1.01. The van der Waals surface area contributed by atoms with Crippen molar-refractivity contribution in [3.05, 3.63) is 33.9 Å². The van der Waals surface area contributed by atoms with E-state index in [1.807, 2.05) is 32.7 Å². The van der Waals surface area contributed by atoms with Gasteiger partial charge in [-0.15, -0.1) is 0 Å². The summed E-state index contributed by atoms with van der Waals surface area (Å²) in [4.78, 5) is 38.9. The Labute approximate surface area is 202 Å². The van der Waals surface area contributed by atoms with E-state index in [2.05, 4.69) is 5.32 Å². The number of nitrogens with one attached hydrogen (secondary N) is 1. The molecular weight excluding hydrogens is 459 g/mol. The molecule has 11 heteroatoms. The predicted octanol–water partition coefficient (Wildman–Crippen LogP) is 2.24. The lowest BCUT2D eigenvalue weighted by Gasteiger charge is -2.42. The van der Waals surface area contributed by atoms with E-state index in [-0.39, 0.29) is 36.4 Å². The number of carbonyl (C=O) groups excluding carboxylic acids is 2. The number of ether oxygens (including phenoxy) is 3. The molecule has 1 atom stereocenters. The van der Waals surface area contributed by atoms with Crippen LogP contribution in [0.3, 0.4) is 0 Å². The molecule has 1 aromatic heterocycles. The molecule has 2 aliphatic heterocycles. The monoisotopic (exact) mass is 491 g/mol. The molecular formula is C24H32FN4O6+. The number of esters is 1. The number of rotatable bonds is 5. The number of aromatic nitrogens is 1. The molecule has 0 bridgehead atoms. The summed E-state index contributed by atoms with van der Waals surface area (Å²) < 4.78 is 33.9. The minimum absolute atomic E-state index is 0.0127. The van der Waals surface area contributed by atoms with E-state index in [1.165, 1.54) is 19.4 Å². The Kier molecular flexibility index (Phi) is 6.63. The van der Waals surface area contributed by atoms with Gasteiger partial charge in [-0.1, -0.05) is 0 Å². The van der Waals surface area contributed by atoms with E-state index in [1.54, 1.807) is 4.57 Å². The zero-order valence-electron chi connectivity index (χ0n) is 20.7. The van der Waals surface area contributed by atoms with Crippen molar-refractivity contribution in [1.82, 2.24) is 9.88 Å². The first kappa shape index (κ1) is 24.8. The van der Waals surface area contributed by atoms with Crippen LogP contribution in [0.4, 0.5) is 14.9 Å². The number of amides is 1. The molecule has 2 aromatic rings. The summed E-state index contributed by atoms with van der Waals surface area (Å²) in [6.07, 6.45) is 1.01. The maximum absolute atomic E-state index is 15.5. The van der Waals surface area contributed by atoms with Crippen LogP contribution in [-0.4, -0.2) is 80.8 Å². The lowest BCUT2D eigenvalue weighted by molar-refractivity contribution is -0.926.